The van der Waals surface area contributed by atoms with Crippen molar-refractivity contribution in [3.05, 3.63) is 64.2 Å². The van der Waals surface area contributed by atoms with E-state index in [-0.39, 0.29) is 0 Å². The van der Waals surface area contributed by atoms with Crippen LogP contribution in [0.4, 0.5) is 0 Å². The molecule has 0 fully saturated rings. The van der Waals surface area contributed by atoms with E-state index in [1.165, 1.54) is 33.0 Å². The number of fused-ring (bicyclic) bond motifs is 3. The first-order valence-corrected chi connectivity index (χ1v) is 11.7. The highest BCUT2D eigenvalue weighted by Gasteiger charge is 2.38. The summed E-state index contributed by atoms with van der Waals surface area (Å²) in [5.74, 6) is 2.29. The molecule has 0 spiro atoms. The van der Waals surface area contributed by atoms with Crippen molar-refractivity contribution in [1.82, 2.24) is 0 Å². The normalized spacial score (nSPS) is 12.8. The lowest BCUT2D eigenvalue weighted by molar-refractivity contribution is -0.633. The third-order valence-electron chi connectivity index (χ3n) is 6.89. The standard InChI is InChI=1S/C29H31N2O2/c1-16(2)11-19-13-20-12-17(3)18(4)24-25(20)23(14-19)33-28-21(15-29(5,6)30-7)27-22(9-10-32-27)31(8)26(24)28/h9-10,12-14,16H,11,15H2,1-6,8H3/q+1. The first kappa shape index (κ1) is 21.5. The fourth-order valence-corrected chi connectivity index (χ4v) is 5.21. The summed E-state index contributed by atoms with van der Waals surface area (Å²) in [6.07, 6.45) is 3.29. The van der Waals surface area contributed by atoms with Gasteiger partial charge in [-0.15, -0.1) is 0 Å². The van der Waals surface area contributed by atoms with Gasteiger partial charge in [-0.25, -0.2) is 6.57 Å². The Labute approximate surface area is 195 Å². The van der Waals surface area contributed by atoms with Crippen molar-refractivity contribution in [3.63, 3.8) is 0 Å². The number of ether oxygens (including phenoxy) is 1. The third kappa shape index (κ3) is 3.30. The number of rotatable bonds is 4. The number of hydrogen-bond acceptors (Lipinski definition) is 2. The van der Waals surface area contributed by atoms with Crippen molar-refractivity contribution in [2.75, 3.05) is 0 Å². The van der Waals surface area contributed by atoms with Crippen molar-refractivity contribution < 1.29 is 13.7 Å². The molecule has 4 nitrogen and oxygen atoms in total. The van der Waals surface area contributed by atoms with Crippen LogP contribution in [-0.4, -0.2) is 5.54 Å². The molecule has 0 aliphatic carbocycles. The van der Waals surface area contributed by atoms with Gasteiger partial charge in [0.2, 0.25) is 16.9 Å². The van der Waals surface area contributed by atoms with E-state index in [1.54, 1.807) is 6.26 Å². The highest BCUT2D eigenvalue weighted by Crippen LogP contribution is 2.51. The number of aromatic nitrogens is 1. The Morgan fingerprint density at radius 1 is 1.15 bits per heavy atom. The van der Waals surface area contributed by atoms with Crippen molar-refractivity contribution >= 4 is 21.9 Å². The van der Waals surface area contributed by atoms with Crippen LogP contribution in [0.1, 0.15) is 49.9 Å². The van der Waals surface area contributed by atoms with Crippen molar-refractivity contribution in [1.29, 1.82) is 0 Å². The zero-order valence-electron chi connectivity index (χ0n) is 20.6. The molecule has 5 rings (SSSR count). The van der Waals surface area contributed by atoms with Crippen LogP contribution in [0, 0.1) is 26.3 Å². The molecule has 0 bridgehead atoms. The van der Waals surface area contributed by atoms with E-state index in [2.05, 4.69) is 62.4 Å². The van der Waals surface area contributed by atoms with E-state index >= 15 is 0 Å². The zero-order chi connectivity index (χ0) is 23.7. The van der Waals surface area contributed by atoms with Gasteiger partial charge in [0.05, 0.1) is 23.8 Å². The second-order valence-electron chi connectivity index (χ2n) is 10.5. The van der Waals surface area contributed by atoms with Crippen molar-refractivity contribution in [3.8, 4) is 22.8 Å². The van der Waals surface area contributed by atoms with Gasteiger partial charge in [0.15, 0.2) is 0 Å². The number of benzene rings is 2. The van der Waals surface area contributed by atoms with Crippen molar-refractivity contribution in [2.24, 2.45) is 13.0 Å². The fraction of sp³-hybridized carbons (Fsp3) is 0.379. The Kier molecular flexibility index (Phi) is 4.79. The molecule has 168 valence electrons. The minimum Gasteiger partial charge on any atom is -0.457 e. The van der Waals surface area contributed by atoms with E-state index in [1.807, 2.05) is 19.9 Å². The molecule has 4 heteroatoms. The lowest BCUT2D eigenvalue weighted by atomic mass is 9.86. The molecule has 0 atom stereocenters. The van der Waals surface area contributed by atoms with Crippen LogP contribution in [0.3, 0.4) is 0 Å². The number of hydrogen-bond donors (Lipinski definition) is 0. The van der Waals surface area contributed by atoms with E-state index < -0.39 is 5.54 Å². The highest BCUT2D eigenvalue weighted by molar-refractivity contribution is 6.06. The maximum Gasteiger partial charge on any atom is 0.257 e. The SMILES string of the molecule is [C-]#[N+]C(C)(C)Cc1c2c([n+](C)c3ccoc13)-c1c(C)c(C)cc3cc(CC(C)C)cc(c13)O2. The molecular weight excluding hydrogens is 408 g/mol. The number of nitrogens with zero attached hydrogens (tertiary/aromatic N) is 2. The number of pyridine rings is 1. The van der Waals surface area contributed by atoms with E-state index in [0.717, 1.165) is 40.3 Å². The van der Waals surface area contributed by atoms with Crippen molar-refractivity contribution in [2.45, 2.75) is 59.9 Å². The Balaban J connectivity index is 1.91. The van der Waals surface area contributed by atoms with Gasteiger partial charge in [0.1, 0.15) is 12.8 Å². The molecule has 0 saturated carbocycles. The average Bonchev–Trinajstić information content (AvgIpc) is 3.23. The van der Waals surface area contributed by atoms with Gasteiger partial charge < -0.3 is 14.0 Å². The molecule has 0 amide bonds. The molecule has 0 saturated heterocycles. The topological polar surface area (TPSA) is 30.6 Å². The quantitative estimate of drug-likeness (QED) is 0.218. The zero-order valence-corrected chi connectivity index (χ0v) is 20.6. The summed E-state index contributed by atoms with van der Waals surface area (Å²) in [6, 6.07) is 8.82. The molecule has 2 aromatic carbocycles. The minimum absolute atomic E-state index is 0.554. The summed E-state index contributed by atoms with van der Waals surface area (Å²) in [7, 11) is 2.08. The van der Waals surface area contributed by atoms with Crippen LogP contribution in [-0.2, 0) is 19.9 Å². The molecule has 3 heterocycles. The van der Waals surface area contributed by atoms with Gasteiger partial charge in [0, 0.05) is 25.3 Å². The van der Waals surface area contributed by atoms with Crippen LogP contribution in [0.15, 0.2) is 34.9 Å². The second kappa shape index (κ2) is 7.35. The predicted octanol–water partition coefficient (Wildman–Crippen LogP) is 7.24. The molecular formula is C29H31N2O2+. The van der Waals surface area contributed by atoms with Gasteiger partial charge in [-0.1, -0.05) is 26.0 Å². The van der Waals surface area contributed by atoms with Gasteiger partial charge in [0.25, 0.3) is 11.2 Å². The summed E-state index contributed by atoms with van der Waals surface area (Å²) >= 11 is 0. The molecule has 33 heavy (non-hydrogen) atoms. The Hall–Kier alpha value is -3.32. The molecule has 0 radical (unpaired) electrons. The lowest BCUT2D eigenvalue weighted by Gasteiger charge is -2.25. The summed E-state index contributed by atoms with van der Waals surface area (Å²) < 4.78 is 14.9. The van der Waals surface area contributed by atoms with Gasteiger partial charge >= 0.3 is 0 Å². The van der Waals surface area contributed by atoms with Crippen LogP contribution in [0.5, 0.6) is 11.5 Å². The third-order valence-corrected chi connectivity index (χ3v) is 6.89. The largest absolute Gasteiger partial charge is 0.457 e. The molecule has 4 aromatic rings. The lowest BCUT2D eigenvalue weighted by Crippen LogP contribution is -2.34. The first-order valence-electron chi connectivity index (χ1n) is 11.7. The molecule has 2 aromatic heterocycles. The summed E-state index contributed by atoms with van der Waals surface area (Å²) in [5.41, 5.74) is 8.34. The average molecular weight is 440 g/mol. The maximum absolute atomic E-state index is 7.72. The molecule has 0 N–H and O–H groups in total. The monoisotopic (exact) mass is 439 g/mol. The highest BCUT2D eigenvalue weighted by atomic mass is 16.5. The summed E-state index contributed by atoms with van der Waals surface area (Å²) in [5, 5.41) is 2.40. The summed E-state index contributed by atoms with van der Waals surface area (Å²) in [6.45, 7) is 20.6. The maximum atomic E-state index is 7.72. The van der Waals surface area contributed by atoms with E-state index in [0.29, 0.717) is 12.3 Å². The van der Waals surface area contributed by atoms with Gasteiger partial charge in [-0.05, 0) is 54.3 Å². The van der Waals surface area contributed by atoms with Gasteiger partial charge in [-0.2, -0.15) is 4.57 Å². The minimum atomic E-state index is -0.562. The Morgan fingerprint density at radius 3 is 2.61 bits per heavy atom. The number of furan rings is 1. The summed E-state index contributed by atoms with van der Waals surface area (Å²) in [4.78, 5) is 3.89. The van der Waals surface area contributed by atoms with E-state index in [4.69, 9.17) is 15.7 Å². The Bertz CT molecular complexity index is 1480. The van der Waals surface area contributed by atoms with Gasteiger partial charge in [-0.3, -0.25) is 0 Å². The molecule has 1 aliphatic rings. The van der Waals surface area contributed by atoms with Crippen LogP contribution < -0.4 is 9.30 Å². The smallest absolute Gasteiger partial charge is 0.257 e. The first-order chi connectivity index (χ1) is 15.6. The fourth-order valence-electron chi connectivity index (χ4n) is 5.21. The predicted molar refractivity (Wildman–Crippen MR) is 133 cm³/mol. The van der Waals surface area contributed by atoms with E-state index in [9.17, 15) is 0 Å². The molecule has 1 aliphatic heterocycles. The Morgan fingerprint density at radius 2 is 1.91 bits per heavy atom. The van der Waals surface area contributed by atoms with Crippen LogP contribution >= 0.6 is 0 Å². The number of aryl methyl sites for hydroxylation is 2. The van der Waals surface area contributed by atoms with Crippen LogP contribution in [0.25, 0.3) is 38.0 Å². The second-order valence-corrected chi connectivity index (χ2v) is 10.5. The molecule has 0 unspecified atom stereocenters. The van der Waals surface area contributed by atoms with Crippen LogP contribution in [0.2, 0.25) is 0 Å².